The summed E-state index contributed by atoms with van der Waals surface area (Å²) in [5.41, 5.74) is 0.228. The predicted octanol–water partition coefficient (Wildman–Crippen LogP) is 5.17. The van der Waals surface area contributed by atoms with Crippen LogP contribution in [-0.2, 0) is 22.1 Å². The molecule has 10 heteroatoms. The number of hydrogen-bond donors (Lipinski definition) is 1. The Labute approximate surface area is 189 Å². The van der Waals surface area contributed by atoms with Crippen molar-refractivity contribution < 1.29 is 37.0 Å². The fraction of sp³-hybridized carbons (Fsp3) is 0.522. The SMILES string of the molecule is CCC(C(=O)O)C1CCN(C(=O)OCCc2nc(-c3ccc(C(F)(F)F)cc3)oc2C)CC1. The Morgan fingerprint density at radius 2 is 1.88 bits per heavy atom. The zero-order valence-electron chi connectivity index (χ0n) is 18.5. The molecular weight excluding hydrogens is 441 g/mol. The van der Waals surface area contributed by atoms with E-state index in [4.69, 9.17) is 9.15 Å². The molecule has 7 nitrogen and oxygen atoms in total. The number of alkyl halides is 3. The van der Waals surface area contributed by atoms with E-state index in [0.717, 1.165) is 12.1 Å². The Kier molecular flexibility index (Phi) is 7.65. The van der Waals surface area contributed by atoms with Gasteiger partial charge < -0.3 is 19.2 Å². The number of hydrogen-bond acceptors (Lipinski definition) is 5. The monoisotopic (exact) mass is 468 g/mol. The fourth-order valence-corrected chi connectivity index (χ4v) is 4.11. The number of nitrogens with zero attached hydrogens (tertiary/aromatic N) is 2. The average molecular weight is 468 g/mol. The van der Waals surface area contributed by atoms with E-state index in [1.165, 1.54) is 12.1 Å². The minimum atomic E-state index is -4.41. The first-order chi connectivity index (χ1) is 15.6. The smallest absolute Gasteiger partial charge is 0.416 e. The number of rotatable bonds is 7. The summed E-state index contributed by atoms with van der Waals surface area (Å²) in [6.45, 7) is 4.53. The molecule has 1 aliphatic heterocycles. The Hall–Kier alpha value is -3.04. The van der Waals surface area contributed by atoms with Gasteiger partial charge in [-0.3, -0.25) is 4.79 Å². The van der Waals surface area contributed by atoms with Gasteiger partial charge >= 0.3 is 18.2 Å². The van der Waals surface area contributed by atoms with E-state index in [1.54, 1.807) is 11.8 Å². The zero-order valence-corrected chi connectivity index (χ0v) is 18.5. The quantitative estimate of drug-likeness (QED) is 0.603. The van der Waals surface area contributed by atoms with Crippen molar-refractivity contribution >= 4 is 12.1 Å². The minimum absolute atomic E-state index is 0.0537. The van der Waals surface area contributed by atoms with Gasteiger partial charge in [0.05, 0.1) is 23.8 Å². The Morgan fingerprint density at radius 3 is 2.42 bits per heavy atom. The highest BCUT2D eigenvalue weighted by molar-refractivity contribution is 5.70. The number of amides is 1. The number of aryl methyl sites for hydroxylation is 1. The maximum Gasteiger partial charge on any atom is 0.416 e. The zero-order chi connectivity index (χ0) is 24.2. The third-order valence-corrected chi connectivity index (χ3v) is 6.04. The number of halogens is 3. The molecule has 1 amide bonds. The van der Waals surface area contributed by atoms with Crippen LogP contribution in [0.4, 0.5) is 18.0 Å². The Morgan fingerprint density at radius 1 is 1.24 bits per heavy atom. The fourth-order valence-electron chi connectivity index (χ4n) is 4.11. The summed E-state index contributed by atoms with van der Waals surface area (Å²) in [6.07, 6.45) is -2.76. The number of piperidine rings is 1. The van der Waals surface area contributed by atoms with E-state index in [2.05, 4.69) is 4.98 Å². The predicted molar refractivity (Wildman–Crippen MR) is 112 cm³/mol. The number of aliphatic carboxylic acids is 1. The van der Waals surface area contributed by atoms with Crippen LogP contribution < -0.4 is 0 Å². The highest BCUT2D eigenvalue weighted by atomic mass is 19.4. The van der Waals surface area contributed by atoms with Crippen molar-refractivity contribution in [3.05, 3.63) is 41.3 Å². The lowest BCUT2D eigenvalue weighted by Gasteiger charge is -2.33. The van der Waals surface area contributed by atoms with E-state index >= 15 is 0 Å². The minimum Gasteiger partial charge on any atom is -0.481 e. The molecule has 0 saturated carbocycles. The van der Waals surface area contributed by atoms with E-state index in [1.807, 2.05) is 6.92 Å². The molecule has 0 bridgehead atoms. The summed E-state index contributed by atoms with van der Waals surface area (Å²) in [5.74, 6) is -0.429. The molecule has 2 aromatic rings. The molecular formula is C23H27F3N2O5. The molecule has 1 aliphatic rings. The first-order valence-electron chi connectivity index (χ1n) is 10.9. The van der Waals surface area contributed by atoms with Gasteiger partial charge in [0.25, 0.3) is 0 Å². The molecule has 33 heavy (non-hydrogen) atoms. The summed E-state index contributed by atoms with van der Waals surface area (Å²) in [5, 5.41) is 9.30. The normalized spacial score (nSPS) is 16.0. The molecule has 1 unspecified atom stereocenters. The number of carboxylic acid groups (broad SMARTS) is 1. The maximum atomic E-state index is 12.7. The average Bonchev–Trinajstić information content (AvgIpc) is 3.14. The number of carbonyl (C=O) groups is 2. The third kappa shape index (κ3) is 6.06. The number of aromatic nitrogens is 1. The van der Waals surface area contributed by atoms with Crippen molar-refractivity contribution in [2.45, 2.75) is 45.7 Å². The standard InChI is InChI=1S/C23H27F3N2O5/c1-3-18(21(29)30)15-8-11-28(12-9-15)22(31)32-13-10-19-14(2)33-20(27-19)16-4-6-17(7-5-16)23(24,25)26/h4-7,15,18H,3,8-13H2,1-2H3,(H,29,30). The molecule has 1 aromatic carbocycles. The Bertz CT molecular complexity index is 963. The lowest BCUT2D eigenvalue weighted by atomic mass is 9.83. The number of ether oxygens (including phenoxy) is 1. The summed E-state index contributed by atoms with van der Waals surface area (Å²) >= 11 is 0. The van der Waals surface area contributed by atoms with Crippen LogP contribution in [0.15, 0.2) is 28.7 Å². The van der Waals surface area contributed by atoms with E-state index in [-0.39, 0.29) is 18.4 Å². The van der Waals surface area contributed by atoms with Gasteiger partial charge in [0.15, 0.2) is 0 Å². The third-order valence-electron chi connectivity index (χ3n) is 6.04. The van der Waals surface area contributed by atoms with Gasteiger partial charge in [0, 0.05) is 25.1 Å². The number of carboxylic acids is 1. The van der Waals surface area contributed by atoms with Crippen molar-refractivity contribution in [1.82, 2.24) is 9.88 Å². The first-order valence-corrected chi connectivity index (χ1v) is 10.9. The van der Waals surface area contributed by atoms with Crippen LogP contribution in [0, 0.1) is 18.8 Å². The first kappa shape index (κ1) is 24.6. The lowest BCUT2D eigenvalue weighted by Crippen LogP contribution is -2.41. The highest BCUT2D eigenvalue weighted by Gasteiger charge is 2.32. The van der Waals surface area contributed by atoms with E-state index in [0.29, 0.717) is 55.8 Å². The van der Waals surface area contributed by atoms with Crippen molar-refractivity contribution in [2.24, 2.45) is 11.8 Å². The van der Waals surface area contributed by atoms with Gasteiger partial charge in [-0.2, -0.15) is 13.2 Å². The summed E-state index contributed by atoms with van der Waals surface area (Å²) in [4.78, 5) is 29.6. The molecule has 1 N–H and O–H groups in total. The molecule has 0 aliphatic carbocycles. The van der Waals surface area contributed by atoms with Gasteiger partial charge in [-0.15, -0.1) is 0 Å². The van der Waals surface area contributed by atoms with Gasteiger partial charge in [-0.1, -0.05) is 6.92 Å². The largest absolute Gasteiger partial charge is 0.481 e. The van der Waals surface area contributed by atoms with Crippen LogP contribution in [0.25, 0.3) is 11.5 Å². The summed E-state index contributed by atoms with van der Waals surface area (Å²) in [7, 11) is 0. The molecule has 1 aromatic heterocycles. The molecule has 180 valence electrons. The Balaban J connectivity index is 1.50. The van der Waals surface area contributed by atoms with Gasteiger partial charge in [0.1, 0.15) is 5.76 Å². The summed E-state index contributed by atoms with van der Waals surface area (Å²) < 4.78 is 49.1. The van der Waals surface area contributed by atoms with Crippen LogP contribution >= 0.6 is 0 Å². The van der Waals surface area contributed by atoms with Crippen LogP contribution in [-0.4, -0.2) is 46.7 Å². The number of carbonyl (C=O) groups excluding carboxylic acids is 1. The summed E-state index contributed by atoms with van der Waals surface area (Å²) in [6, 6.07) is 4.54. The van der Waals surface area contributed by atoms with Crippen molar-refractivity contribution in [2.75, 3.05) is 19.7 Å². The van der Waals surface area contributed by atoms with Crippen molar-refractivity contribution in [1.29, 1.82) is 0 Å². The van der Waals surface area contributed by atoms with Gasteiger partial charge in [-0.05, 0) is 56.4 Å². The van der Waals surface area contributed by atoms with Crippen molar-refractivity contribution in [3.63, 3.8) is 0 Å². The number of likely N-dealkylation sites (tertiary alicyclic amines) is 1. The van der Waals surface area contributed by atoms with E-state index < -0.39 is 29.7 Å². The van der Waals surface area contributed by atoms with Crippen LogP contribution in [0.3, 0.4) is 0 Å². The molecule has 2 heterocycles. The molecule has 1 saturated heterocycles. The lowest BCUT2D eigenvalue weighted by molar-refractivity contribution is -0.144. The molecule has 0 radical (unpaired) electrons. The van der Waals surface area contributed by atoms with Crippen LogP contribution in [0.2, 0.25) is 0 Å². The van der Waals surface area contributed by atoms with E-state index in [9.17, 15) is 27.9 Å². The molecule has 1 atom stereocenters. The van der Waals surface area contributed by atoms with Gasteiger partial charge in [0.2, 0.25) is 5.89 Å². The van der Waals surface area contributed by atoms with Crippen molar-refractivity contribution in [3.8, 4) is 11.5 Å². The molecule has 0 spiro atoms. The number of benzene rings is 1. The molecule has 3 rings (SSSR count). The molecule has 1 fully saturated rings. The van der Waals surface area contributed by atoms with Crippen LogP contribution in [0.5, 0.6) is 0 Å². The second-order valence-electron chi connectivity index (χ2n) is 8.14. The second kappa shape index (κ2) is 10.3. The van der Waals surface area contributed by atoms with Gasteiger partial charge in [-0.25, -0.2) is 9.78 Å². The topological polar surface area (TPSA) is 92.9 Å². The van der Waals surface area contributed by atoms with Crippen LogP contribution in [0.1, 0.15) is 43.2 Å². The maximum absolute atomic E-state index is 12.7. The highest BCUT2D eigenvalue weighted by Crippen LogP contribution is 2.31. The number of oxazole rings is 1. The second-order valence-corrected chi connectivity index (χ2v) is 8.14.